The highest BCUT2D eigenvalue weighted by molar-refractivity contribution is 5.31. The minimum Gasteiger partial charge on any atom is -0.357 e. The van der Waals surface area contributed by atoms with Gasteiger partial charge in [-0.2, -0.15) is 4.98 Å². The molecule has 1 aromatic heterocycles. The molecule has 0 amide bonds. The van der Waals surface area contributed by atoms with Crippen LogP contribution >= 0.6 is 0 Å². The number of hydrogen-bond acceptors (Lipinski definition) is 5. The van der Waals surface area contributed by atoms with Crippen molar-refractivity contribution in [1.29, 1.82) is 0 Å². The molecule has 0 atom stereocenters. The Balaban J connectivity index is 2.46. The average molecular weight is 181 g/mol. The summed E-state index contributed by atoms with van der Waals surface area (Å²) in [6.07, 6.45) is 3.78. The molecular weight excluding hydrogens is 166 g/mol. The molecule has 1 rings (SSSR count). The summed E-state index contributed by atoms with van der Waals surface area (Å²) >= 11 is 0. The molecule has 0 aliphatic rings. The normalized spacial score (nSPS) is 9.69. The van der Waals surface area contributed by atoms with E-state index in [9.17, 15) is 0 Å². The molecule has 13 heavy (non-hydrogen) atoms. The van der Waals surface area contributed by atoms with Gasteiger partial charge in [-0.15, -0.1) is 0 Å². The SMILES string of the molecule is CCCCNc1ncnc(NC)n1. The van der Waals surface area contributed by atoms with Gasteiger partial charge in [0.1, 0.15) is 6.33 Å². The zero-order valence-corrected chi connectivity index (χ0v) is 8.04. The van der Waals surface area contributed by atoms with Gasteiger partial charge >= 0.3 is 0 Å². The Morgan fingerprint density at radius 2 is 2.08 bits per heavy atom. The third-order valence-corrected chi connectivity index (χ3v) is 1.61. The maximum atomic E-state index is 4.12. The Labute approximate surface area is 78.0 Å². The molecular formula is C8H15N5. The monoisotopic (exact) mass is 181 g/mol. The fourth-order valence-corrected chi connectivity index (χ4v) is 0.879. The third-order valence-electron chi connectivity index (χ3n) is 1.61. The minimum atomic E-state index is 0.592. The molecule has 1 aromatic rings. The number of nitrogens with one attached hydrogen (secondary N) is 2. The molecule has 0 bridgehead atoms. The van der Waals surface area contributed by atoms with E-state index in [1.807, 2.05) is 0 Å². The predicted octanol–water partition coefficient (Wildman–Crippen LogP) is 1.13. The Kier molecular flexibility index (Phi) is 3.95. The van der Waals surface area contributed by atoms with Gasteiger partial charge < -0.3 is 10.6 Å². The summed E-state index contributed by atoms with van der Waals surface area (Å²) in [5, 5.41) is 5.97. The van der Waals surface area contributed by atoms with E-state index in [1.54, 1.807) is 7.05 Å². The van der Waals surface area contributed by atoms with Crippen LogP contribution in [-0.4, -0.2) is 28.5 Å². The van der Waals surface area contributed by atoms with Crippen LogP contribution in [0.1, 0.15) is 19.8 Å². The third kappa shape index (κ3) is 3.23. The number of aromatic nitrogens is 3. The van der Waals surface area contributed by atoms with Gasteiger partial charge in [0.25, 0.3) is 0 Å². The van der Waals surface area contributed by atoms with E-state index in [0.717, 1.165) is 19.4 Å². The molecule has 2 N–H and O–H groups in total. The molecule has 0 saturated heterocycles. The van der Waals surface area contributed by atoms with Crippen LogP contribution in [-0.2, 0) is 0 Å². The first-order chi connectivity index (χ1) is 6.36. The number of rotatable bonds is 5. The lowest BCUT2D eigenvalue weighted by atomic mass is 10.3. The molecule has 5 nitrogen and oxygen atoms in total. The van der Waals surface area contributed by atoms with Crippen LogP contribution in [0.15, 0.2) is 6.33 Å². The molecule has 1 heterocycles. The van der Waals surface area contributed by atoms with Crippen molar-refractivity contribution in [3.05, 3.63) is 6.33 Å². The second-order valence-corrected chi connectivity index (χ2v) is 2.66. The van der Waals surface area contributed by atoms with Gasteiger partial charge in [0, 0.05) is 13.6 Å². The molecule has 0 spiro atoms. The Morgan fingerprint density at radius 1 is 1.31 bits per heavy atom. The molecule has 0 radical (unpaired) electrons. The largest absolute Gasteiger partial charge is 0.357 e. The van der Waals surface area contributed by atoms with Crippen molar-refractivity contribution in [2.45, 2.75) is 19.8 Å². The smallest absolute Gasteiger partial charge is 0.227 e. The van der Waals surface area contributed by atoms with E-state index in [0.29, 0.717) is 11.9 Å². The van der Waals surface area contributed by atoms with E-state index in [-0.39, 0.29) is 0 Å². The Bertz CT molecular complexity index is 250. The summed E-state index contributed by atoms with van der Waals surface area (Å²) in [6, 6.07) is 0. The zero-order valence-electron chi connectivity index (χ0n) is 8.04. The second kappa shape index (κ2) is 5.29. The summed E-state index contributed by atoms with van der Waals surface area (Å²) in [4.78, 5) is 12.0. The summed E-state index contributed by atoms with van der Waals surface area (Å²) < 4.78 is 0. The second-order valence-electron chi connectivity index (χ2n) is 2.66. The zero-order chi connectivity index (χ0) is 9.52. The first-order valence-electron chi connectivity index (χ1n) is 4.47. The van der Waals surface area contributed by atoms with Crippen molar-refractivity contribution in [2.24, 2.45) is 0 Å². The van der Waals surface area contributed by atoms with Crippen molar-refractivity contribution in [1.82, 2.24) is 15.0 Å². The van der Waals surface area contributed by atoms with E-state index < -0.39 is 0 Å². The van der Waals surface area contributed by atoms with Crippen molar-refractivity contribution < 1.29 is 0 Å². The van der Waals surface area contributed by atoms with Gasteiger partial charge in [-0.1, -0.05) is 13.3 Å². The predicted molar refractivity (Wildman–Crippen MR) is 52.8 cm³/mol. The highest BCUT2D eigenvalue weighted by atomic mass is 15.2. The number of hydrogen-bond donors (Lipinski definition) is 2. The first kappa shape index (κ1) is 9.70. The van der Waals surface area contributed by atoms with Crippen molar-refractivity contribution in [3.8, 4) is 0 Å². The van der Waals surface area contributed by atoms with Gasteiger partial charge in [0.05, 0.1) is 0 Å². The molecule has 0 fully saturated rings. The van der Waals surface area contributed by atoms with Crippen molar-refractivity contribution in [3.63, 3.8) is 0 Å². The highest BCUT2D eigenvalue weighted by Gasteiger charge is 1.96. The van der Waals surface area contributed by atoms with Gasteiger partial charge in [0.15, 0.2) is 0 Å². The summed E-state index contributed by atoms with van der Waals surface area (Å²) in [5.41, 5.74) is 0. The lowest BCUT2D eigenvalue weighted by Crippen LogP contribution is -2.07. The van der Waals surface area contributed by atoms with Crippen molar-refractivity contribution in [2.75, 3.05) is 24.2 Å². The van der Waals surface area contributed by atoms with Crippen LogP contribution in [0, 0.1) is 0 Å². The summed E-state index contributed by atoms with van der Waals surface area (Å²) in [5.74, 6) is 1.22. The van der Waals surface area contributed by atoms with Gasteiger partial charge in [0.2, 0.25) is 11.9 Å². The molecule has 0 aliphatic heterocycles. The maximum absolute atomic E-state index is 4.12. The quantitative estimate of drug-likeness (QED) is 0.667. The average Bonchev–Trinajstić information content (AvgIpc) is 2.19. The topological polar surface area (TPSA) is 62.7 Å². The molecule has 72 valence electrons. The fourth-order valence-electron chi connectivity index (χ4n) is 0.879. The number of nitrogens with zero attached hydrogens (tertiary/aromatic N) is 3. The van der Waals surface area contributed by atoms with Crippen molar-refractivity contribution >= 4 is 11.9 Å². The van der Waals surface area contributed by atoms with Crippen LogP contribution in [0.5, 0.6) is 0 Å². The van der Waals surface area contributed by atoms with E-state index in [4.69, 9.17) is 0 Å². The first-order valence-corrected chi connectivity index (χ1v) is 4.47. The standard InChI is InChI=1S/C8H15N5/c1-3-4-5-10-8-12-6-11-7(9-2)13-8/h6H,3-5H2,1-2H3,(H2,9,10,11,12,13). The molecule has 0 aromatic carbocycles. The molecule has 0 saturated carbocycles. The van der Waals surface area contributed by atoms with E-state index >= 15 is 0 Å². The number of anilines is 2. The lowest BCUT2D eigenvalue weighted by Gasteiger charge is -2.03. The van der Waals surface area contributed by atoms with Gasteiger partial charge in [-0.25, -0.2) is 9.97 Å². The Morgan fingerprint density at radius 3 is 2.77 bits per heavy atom. The molecule has 0 unspecified atom stereocenters. The van der Waals surface area contributed by atoms with E-state index in [1.165, 1.54) is 6.33 Å². The molecule has 0 aliphatic carbocycles. The van der Waals surface area contributed by atoms with Crippen LogP contribution < -0.4 is 10.6 Å². The van der Waals surface area contributed by atoms with Crippen LogP contribution in [0.3, 0.4) is 0 Å². The summed E-state index contributed by atoms with van der Waals surface area (Å²) in [7, 11) is 1.78. The maximum Gasteiger partial charge on any atom is 0.227 e. The van der Waals surface area contributed by atoms with Crippen LogP contribution in [0.4, 0.5) is 11.9 Å². The minimum absolute atomic E-state index is 0.592. The molecule has 5 heteroatoms. The summed E-state index contributed by atoms with van der Waals surface area (Å²) in [6.45, 7) is 3.05. The van der Waals surface area contributed by atoms with Crippen LogP contribution in [0.25, 0.3) is 0 Å². The number of unbranched alkanes of at least 4 members (excludes halogenated alkanes) is 1. The van der Waals surface area contributed by atoms with Gasteiger partial charge in [-0.3, -0.25) is 0 Å². The Hall–Kier alpha value is -1.39. The van der Waals surface area contributed by atoms with Gasteiger partial charge in [-0.05, 0) is 6.42 Å². The van der Waals surface area contributed by atoms with E-state index in [2.05, 4.69) is 32.5 Å². The fraction of sp³-hybridized carbons (Fsp3) is 0.625. The highest BCUT2D eigenvalue weighted by Crippen LogP contribution is 2.00. The van der Waals surface area contributed by atoms with Crippen LogP contribution in [0.2, 0.25) is 0 Å². The lowest BCUT2D eigenvalue weighted by molar-refractivity contribution is 0.824.